The summed E-state index contributed by atoms with van der Waals surface area (Å²) in [5.74, 6) is 0.855. The van der Waals surface area contributed by atoms with Gasteiger partial charge in [-0.3, -0.25) is 0 Å². The van der Waals surface area contributed by atoms with Gasteiger partial charge in [-0.1, -0.05) is 72.8 Å². The van der Waals surface area contributed by atoms with E-state index in [0.717, 1.165) is 39.8 Å². The fraction of sp³-hybridized carbons (Fsp3) is 0.120. The number of hydrogen-bond acceptors (Lipinski definition) is 5. The molecule has 4 nitrogen and oxygen atoms in total. The number of rotatable bonds is 5. The van der Waals surface area contributed by atoms with Gasteiger partial charge in [-0.25, -0.2) is 9.99 Å². The number of methoxy groups -OCH3 is 1. The molecule has 4 aromatic rings. The van der Waals surface area contributed by atoms with Crippen LogP contribution >= 0.6 is 11.3 Å². The minimum Gasteiger partial charge on any atom is -0.497 e. The van der Waals surface area contributed by atoms with Gasteiger partial charge in [-0.15, -0.1) is 11.3 Å². The van der Waals surface area contributed by atoms with Crippen molar-refractivity contribution in [2.75, 3.05) is 12.1 Å². The summed E-state index contributed by atoms with van der Waals surface area (Å²) in [4.78, 5) is 4.91. The molecule has 1 aliphatic heterocycles. The van der Waals surface area contributed by atoms with Gasteiger partial charge in [-0.05, 0) is 23.3 Å². The lowest BCUT2D eigenvalue weighted by Gasteiger charge is -2.21. The Bertz CT molecular complexity index is 1150. The zero-order chi connectivity index (χ0) is 20.3. The summed E-state index contributed by atoms with van der Waals surface area (Å²) >= 11 is 1.63. The number of ether oxygens (including phenoxy) is 1. The van der Waals surface area contributed by atoms with E-state index >= 15 is 0 Å². The fourth-order valence-corrected chi connectivity index (χ4v) is 4.52. The van der Waals surface area contributed by atoms with Crippen LogP contribution in [-0.4, -0.2) is 17.8 Å². The molecule has 1 aliphatic rings. The minimum absolute atomic E-state index is 0.0980. The van der Waals surface area contributed by atoms with E-state index in [-0.39, 0.29) is 6.04 Å². The highest BCUT2D eigenvalue weighted by atomic mass is 32.1. The second-order valence-electron chi connectivity index (χ2n) is 7.13. The molecular weight excluding hydrogens is 390 g/mol. The Morgan fingerprint density at radius 2 is 1.53 bits per heavy atom. The van der Waals surface area contributed by atoms with Gasteiger partial charge in [0, 0.05) is 17.4 Å². The van der Waals surface area contributed by atoms with Gasteiger partial charge in [0.05, 0.1) is 24.6 Å². The number of hydrogen-bond donors (Lipinski definition) is 0. The molecule has 0 saturated carbocycles. The van der Waals surface area contributed by atoms with Gasteiger partial charge in [0.1, 0.15) is 5.75 Å². The van der Waals surface area contributed by atoms with Crippen molar-refractivity contribution in [3.63, 3.8) is 0 Å². The van der Waals surface area contributed by atoms with E-state index in [4.69, 9.17) is 14.8 Å². The van der Waals surface area contributed by atoms with Crippen molar-refractivity contribution in [2.45, 2.75) is 12.5 Å². The summed E-state index contributed by atoms with van der Waals surface area (Å²) in [5, 5.41) is 10.1. The van der Waals surface area contributed by atoms with Crippen LogP contribution in [0.3, 0.4) is 0 Å². The molecule has 0 N–H and O–H groups in total. The van der Waals surface area contributed by atoms with Crippen molar-refractivity contribution in [2.24, 2.45) is 5.10 Å². The normalized spacial score (nSPS) is 15.8. The summed E-state index contributed by atoms with van der Waals surface area (Å²) in [6.07, 6.45) is 0.830. The maximum atomic E-state index is 5.33. The highest BCUT2D eigenvalue weighted by Gasteiger charge is 2.31. The summed E-state index contributed by atoms with van der Waals surface area (Å²) in [5.41, 5.74) is 5.52. The lowest BCUT2D eigenvalue weighted by Crippen LogP contribution is -2.18. The van der Waals surface area contributed by atoms with E-state index in [1.807, 2.05) is 36.4 Å². The average Bonchev–Trinajstić information content (AvgIpc) is 3.48. The summed E-state index contributed by atoms with van der Waals surface area (Å²) in [6.45, 7) is 0. The van der Waals surface area contributed by atoms with E-state index in [1.165, 1.54) is 5.56 Å². The number of aromatic nitrogens is 1. The van der Waals surface area contributed by atoms with Crippen LogP contribution in [0.4, 0.5) is 5.13 Å². The molecule has 0 bridgehead atoms. The maximum absolute atomic E-state index is 5.33. The lowest BCUT2D eigenvalue weighted by molar-refractivity contribution is 0.414. The Kier molecular flexibility index (Phi) is 5.03. The molecule has 0 spiro atoms. The molecule has 0 saturated heterocycles. The summed E-state index contributed by atoms with van der Waals surface area (Å²) < 4.78 is 5.33. The van der Waals surface area contributed by atoms with Gasteiger partial charge in [0.15, 0.2) is 0 Å². The van der Waals surface area contributed by atoms with E-state index in [9.17, 15) is 0 Å². The topological polar surface area (TPSA) is 37.7 Å². The first-order valence-corrected chi connectivity index (χ1v) is 10.8. The van der Waals surface area contributed by atoms with Gasteiger partial charge in [0.25, 0.3) is 0 Å². The largest absolute Gasteiger partial charge is 0.497 e. The fourth-order valence-electron chi connectivity index (χ4n) is 3.69. The maximum Gasteiger partial charge on any atom is 0.207 e. The molecule has 0 unspecified atom stereocenters. The van der Waals surface area contributed by atoms with Gasteiger partial charge >= 0.3 is 0 Å². The second-order valence-corrected chi connectivity index (χ2v) is 7.97. The summed E-state index contributed by atoms with van der Waals surface area (Å²) in [6, 6.07) is 29.0. The molecular formula is C25H21N3OS. The third-order valence-corrected chi connectivity index (χ3v) is 6.11. The first-order chi connectivity index (χ1) is 14.8. The molecule has 5 heteroatoms. The first-order valence-electron chi connectivity index (χ1n) is 9.89. The minimum atomic E-state index is 0.0980. The third kappa shape index (κ3) is 3.60. The molecule has 3 aromatic carbocycles. The first kappa shape index (κ1) is 18.6. The molecule has 1 atom stereocenters. The van der Waals surface area contributed by atoms with Crippen molar-refractivity contribution in [3.05, 3.63) is 101 Å². The van der Waals surface area contributed by atoms with Crippen molar-refractivity contribution in [1.29, 1.82) is 0 Å². The predicted octanol–water partition coefficient (Wildman–Crippen LogP) is 6.17. The van der Waals surface area contributed by atoms with Crippen LogP contribution in [0.5, 0.6) is 5.75 Å². The molecule has 0 amide bonds. The lowest BCUT2D eigenvalue weighted by atomic mass is 9.98. The average molecular weight is 412 g/mol. The smallest absolute Gasteiger partial charge is 0.207 e. The second kappa shape index (κ2) is 8.13. The Morgan fingerprint density at radius 1 is 0.867 bits per heavy atom. The van der Waals surface area contributed by atoms with Crippen molar-refractivity contribution >= 4 is 22.2 Å². The van der Waals surface area contributed by atoms with Gasteiger partial charge in [-0.2, -0.15) is 5.10 Å². The number of anilines is 1. The molecule has 2 heterocycles. The zero-order valence-electron chi connectivity index (χ0n) is 16.6. The van der Waals surface area contributed by atoms with E-state index in [2.05, 4.69) is 58.9 Å². The highest BCUT2D eigenvalue weighted by Crippen LogP contribution is 2.39. The number of nitrogens with zero attached hydrogens (tertiary/aromatic N) is 3. The van der Waals surface area contributed by atoms with Crippen LogP contribution in [-0.2, 0) is 0 Å². The van der Waals surface area contributed by atoms with Gasteiger partial charge < -0.3 is 4.74 Å². The van der Waals surface area contributed by atoms with E-state index in [0.29, 0.717) is 0 Å². The van der Waals surface area contributed by atoms with Crippen LogP contribution in [0.2, 0.25) is 0 Å². The van der Waals surface area contributed by atoms with Gasteiger partial charge in [0.2, 0.25) is 5.13 Å². The Morgan fingerprint density at radius 3 is 2.20 bits per heavy atom. The quantitative estimate of drug-likeness (QED) is 0.394. The van der Waals surface area contributed by atoms with Crippen molar-refractivity contribution in [3.8, 4) is 17.0 Å². The predicted molar refractivity (Wildman–Crippen MR) is 123 cm³/mol. The van der Waals surface area contributed by atoms with E-state index < -0.39 is 0 Å². The molecule has 5 rings (SSSR count). The molecule has 0 radical (unpaired) electrons. The Hall–Kier alpha value is -3.44. The van der Waals surface area contributed by atoms with Crippen LogP contribution < -0.4 is 9.75 Å². The number of thiazole rings is 1. The molecule has 1 aromatic heterocycles. The molecule has 0 fully saturated rings. The monoisotopic (exact) mass is 411 g/mol. The number of hydrazone groups is 1. The summed E-state index contributed by atoms with van der Waals surface area (Å²) in [7, 11) is 1.69. The van der Waals surface area contributed by atoms with Crippen LogP contribution in [0.25, 0.3) is 11.3 Å². The van der Waals surface area contributed by atoms with Crippen molar-refractivity contribution < 1.29 is 4.74 Å². The zero-order valence-corrected chi connectivity index (χ0v) is 17.4. The number of benzene rings is 3. The molecule has 30 heavy (non-hydrogen) atoms. The Balaban J connectivity index is 1.52. The SMILES string of the molecule is COc1ccc([C@H]2CC(c3ccccc3)=NN2c2nc(-c3ccccc3)cs2)cc1. The van der Waals surface area contributed by atoms with E-state index in [1.54, 1.807) is 18.4 Å². The Labute approximate surface area is 180 Å². The molecule has 0 aliphatic carbocycles. The molecule has 148 valence electrons. The standard InChI is InChI=1S/C25H21N3OS/c1-29-21-14-12-20(13-15-21)24-16-22(18-8-4-2-5-9-18)27-28(24)25-26-23(17-30-25)19-10-6-3-7-11-19/h2-15,17,24H,16H2,1H3/t24-/m1/s1. The van der Waals surface area contributed by atoms with Crippen molar-refractivity contribution in [1.82, 2.24) is 4.98 Å². The van der Waals surface area contributed by atoms with Crippen LogP contribution in [0, 0.1) is 0 Å². The third-order valence-electron chi connectivity index (χ3n) is 5.28. The van der Waals surface area contributed by atoms with Crippen LogP contribution in [0.1, 0.15) is 23.6 Å². The highest BCUT2D eigenvalue weighted by molar-refractivity contribution is 7.14. The van der Waals surface area contributed by atoms with Crippen LogP contribution in [0.15, 0.2) is 95.4 Å².